The quantitative estimate of drug-likeness (QED) is 0.679. The number of carbonyl (C=O) groups excluding carboxylic acids is 1. The van der Waals surface area contributed by atoms with Gasteiger partial charge < -0.3 is 10.7 Å². The number of thiazole rings is 1. The number of nitrogens with one attached hydrogen (secondary N) is 2. The number of sulfonamides is 1. The molecule has 0 spiro atoms. The van der Waals surface area contributed by atoms with Gasteiger partial charge in [-0.15, -0.1) is 0 Å². The van der Waals surface area contributed by atoms with Crippen molar-refractivity contribution in [3.63, 3.8) is 0 Å². The van der Waals surface area contributed by atoms with Crippen LogP contribution in [0.25, 0.3) is 0 Å². The van der Waals surface area contributed by atoms with Crippen LogP contribution in [0.3, 0.4) is 0 Å². The van der Waals surface area contributed by atoms with E-state index < -0.39 is 26.2 Å². The summed E-state index contributed by atoms with van der Waals surface area (Å²) in [5.74, 6) is -0.607. The first-order chi connectivity index (χ1) is 8.06. The average Bonchev–Trinajstić information content (AvgIpc) is 2.56. The van der Waals surface area contributed by atoms with Crippen LogP contribution in [0.1, 0.15) is 19.5 Å². The summed E-state index contributed by atoms with van der Waals surface area (Å²) < 4.78 is 26.0. The van der Waals surface area contributed by atoms with Gasteiger partial charge in [0, 0.05) is 12.2 Å². The van der Waals surface area contributed by atoms with Gasteiger partial charge in [0.1, 0.15) is 0 Å². The average molecular weight is 293 g/mol. The van der Waals surface area contributed by atoms with E-state index in [1.54, 1.807) is 0 Å². The molecule has 9 heteroatoms. The van der Waals surface area contributed by atoms with Crippen molar-refractivity contribution in [2.75, 3.05) is 6.54 Å². The van der Waals surface area contributed by atoms with Gasteiger partial charge in [0.05, 0.1) is 5.41 Å². The molecule has 0 fully saturated rings. The van der Waals surface area contributed by atoms with Crippen LogP contribution in [-0.4, -0.2) is 25.9 Å². The van der Waals surface area contributed by atoms with Crippen LogP contribution in [0, 0.1) is 12.3 Å². The Kier molecular flexibility index (Phi) is 3.99. The van der Waals surface area contributed by atoms with Crippen LogP contribution < -0.4 is 15.3 Å². The molecule has 4 N–H and O–H groups in total. The number of aromatic amines is 1. The third-order valence-corrected chi connectivity index (χ3v) is 5.40. The zero-order chi connectivity index (χ0) is 14.1. The number of hydrogen-bond donors (Lipinski definition) is 3. The highest BCUT2D eigenvalue weighted by Gasteiger charge is 2.29. The number of carbonyl (C=O) groups is 1. The third-order valence-electron chi connectivity index (χ3n) is 2.40. The maximum atomic E-state index is 11.9. The van der Waals surface area contributed by atoms with Gasteiger partial charge in [-0.25, -0.2) is 13.1 Å². The third kappa shape index (κ3) is 3.18. The van der Waals surface area contributed by atoms with Crippen molar-refractivity contribution in [3.05, 3.63) is 15.4 Å². The van der Waals surface area contributed by atoms with Gasteiger partial charge in [0.15, 0.2) is 4.21 Å². The highest BCUT2D eigenvalue weighted by Crippen LogP contribution is 2.18. The number of aromatic nitrogens is 1. The minimum Gasteiger partial charge on any atom is -0.369 e. The van der Waals surface area contributed by atoms with Gasteiger partial charge >= 0.3 is 4.87 Å². The number of nitrogens with two attached hydrogens (primary N) is 1. The fourth-order valence-electron chi connectivity index (χ4n) is 1.07. The van der Waals surface area contributed by atoms with Crippen molar-refractivity contribution >= 4 is 27.3 Å². The second-order valence-electron chi connectivity index (χ2n) is 4.50. The predicted octanol–water partition coefficient (Wildman–Crippen LogP) is -0.465. The molecule has 7 nitrogen and oxygen atoms in total. The van der Waals surface area contributed by atoms with E-state index in [4.69, 9.17) is 5.73 Å². The molecule has 0 aliphatic heterocycles. The molecule has 1 amide bonds. The number of H-pyrrole nitrogens is 1. The lowest BCUT2D eigenvalue weighted by Crippen LogP contribution is -2.42. The first kappa shape index (κ1) is 14.9. The molecule has 0 aliphatic carbocycles. The molecule has 1 aromatic rings. The van der Waals surface area contributed by atoms with Crippen molar-refractivity contribution < 1.29 is 13.2 Å². The molecule has 0 atom stereocenters. The lowest BCUT2D eigenvalue weighted by Gasteiger charge is -2.20. The molecule has 102 valence electrons. The van der Waals surface area contributed by atoms with E-state index >= 15 is 0 Å². The molecule has 18 heavy (non-hydrogen) atoms. The molecule has 1 heterocycles. The van der Waals surface area contributed by atoms with E-state index in [1.165, 1.54) is 20.8 Å². The van der Waals surface area contributed by atoms with Crippen LogP contribution in [0.15, 0.2) is 9.00 Å². The minimum absolute atomic E-state index is 0.0761. The second kappa shape index (κ2) is 4.82. The fraction of sp³-hybridized carbons (Fsp3) is 0.556. The summed E-state index contributed by atoms with van der Waals surface area (Å²) in [5, 5.41) is 0. The van der Waals surface area contributed by atoms with Crippen molar-refractivity contribution in [2.45, 2.75) is 25.0 Å². The van der Waals surface area contributed by atoms with Crippen LogP contribution in [0.5, 0.6) is 0 Å². The zero-order valence-corrected chi connectivity index (χ0v) is 11.9. The SMILES string of the molecule is Cc1[nH]c(=O)sc1S(=O)(=O)NCC(C)(C)C(N)=O. The van der Waals surface area contributed by atoms with Gasteiger partial charge in [0.25, 0.3) is 10.0 Å². The van der Waals surface area contributed by atoms with Gasteiger partial charge in [-0.2, -0.15) is 0 Å². The molecule has 0 saturated carbocycles. The summed E-state index contributed by atoms with van der Waals surface area (Å²) in [7, 11) is -3.81. The van der Waals surface area contributed by atoms with Gasteiger partial charge in [0.2, 0.25) is 5.91 Å². The summed E-state index contributed by atoms with van der Waals surface area (Å²) in [4.78, 5) is 24.1. The molecule has 1 aromatic heterocycles. The first-order valence-corrected chi connectivity index (χ1v) is 7.35. The Labute approximate surface area is 108 Å². The molecule has 0 aromatic carbocycles. The molecular formula is C9H15N3O4S2. The van der Waals surface area contributed by atoms with Crippen molar-refractivity contribution in [1.82, 2.24) is 9.71 Å². The van der Waals surface area contributed by atoms with Crippen LogP contribution >= 0.6 is 11.3 Å². The van der Waals surface area contributed by atoms with Gasteiger partial charge in [-0.05, 0) is 20.8 Å². The molecule has 1 rings (SSSR count). The van der Waals surface area contributed by atoms with Crippen molar-refractivity contribution in [2.24, 2.45) is 11.1 Å². The maximum absolute atomic E-state index is 11.9. The minimum atomic E-state index is -3.81. The van der Waals surface area contributed by atoms with Gasteiger partial charge in [-0.1, -0.05) is 11.3 Å². The highest BCUT2D eigenvalue weighted by atomic mass is 32.2. The monoisotopic (exact) mass is 293 g/mol. The molecule has 0 aliphatic rings. The topological polar surface area (TPSA) is 122 Å². The Balaban J connectivity index is 2.94. The summed E-state index contributed by atoms with van der Waals surface area (Å²) in [6.45, 7) is 4.43. The van der Waals surface area contributed by atoms with Crippen LogP contribution in [0.4, 0.5) is 0 Å². The van der Waals surface area contributed by atoms with E-state index in [2.05, 4.69) is 9.71 Å². The number of amides is 1. The lowest BCUT2D eigenvalue weighted by atomic mass is 9.93. The van der Waals surface area contributed by atoms with E-state index in [-0.39, 0.29) is 16.4 Å². The Morgan fingerprint density at radius 1 is 1.50 bits per heavy atom. The van der Waals surface area contributed by atoms with E-state index in [0.717, 1.165) is 0 Å². The Morgan fingerprint density at radius 2 is 2.06 bits per heavy atom. The van der Waals surface area contributed by atoms with E-state index in [0.29, 0.717) is 11.3 Å². The standard InChI is InChI=1S/C9H15N3O4S2/c1-5-6(17-8(14)12-5)18(15,16)11-4-9(2,3)7(10)13/h11H,4H2,1-3H3,(H2,10,13)(H,12,14). The lowest BCUT2D eigenvalue weighted by molar-refractivity contribution is -0.125. The second-order valence-corrected chi connectivity index (χ2v) is 7.45. The maximum Gasteiger partial charge on any atom is 0.305 e. The number of hydrogen-bond acceptors (Lipinski definition) is 5. The summed E-state index contributed by atoms with van der Waals surface area (Å²) in [5.41, 5.74) is 4.42. The highest BCUT2D eigenvalue weighted by molar-refractivity contribution is 7.91. The largest absolute Gasteiger partial charge is 0.369 e. The molecule has 0 bridgehead atoms. The smallest absolute Gasteiger partial charge is 0.305 e. The van der Waals surface area contributed by atoms with Crippen LogP contribution in [0.2, 0.25) is 0 Å². The Hall–Kier alpha value is -1.19. The summed E-state index contributed by atoms with van der Waals surface area (Å²) in [6, 6.07) is 0. The van der Waals surface area contributed by atoms with Crippen molar-refractivity contribution in [3.8, 4) is 0 Å². The Bertz CT molecular complexity index is 612. The Morgan fingerprint density at radius 3 is 2.44 bits per heavy atom. The number of aryl methyl sites for hydroxylation is 1. The normalized spacial score (nSPS) is 12.6. The van der Waals surface area contributed by atoms with Crippen LogP contribution in [-0.2, 0) is 14.8 Å². The molecule has 0 unspecified atom stereocenters. The van der Waals surface area contributed by atoms with E-state index in [9.17, 15) is 18.0 Å². The number of rotatable bonds is 5. The summed E-state index contributed by atoms with van der Waals surface area (Å²) >= 11 is 0.603. The van der Waals surface area contributed by atoms with E-state index in [1.807, 2.05) is 0 Å². The fourth-order valence-corrected chi connectivity index (χ4v) is 3.63. The molecular weight excluding hydrogens is 278 g/mol. The van der Waals surface area contributed by atoms with Crippen molar-refractivity contribution in [1.29, 1.82) is 0 Å². The predicted molar refractivity (Wildman–Crippen MR) is 67.8 cm³/mol. The van der Waals surface area contributed by atoms with Gasteiger partial charge in [-0.3, -0.25) is 9.59 Å². The molecule has 0 saturated heterocycles. The molecule has 0 radical (unpaired) electrons. The zero-order valence-electron chi connectivity index (χ0n) is 10.2. The first-order valence-electron chi connectivity index (χ1n) is 5.05. The number of primary amides is 1. The summed E-state index contributed by atoms with van der Waals surface area (Å²) in [6.07, 6.45) is 0.